The molecule has 0 saturated carbocycles. The number of carbonyl (C=O) groups excluding carboxylic acids is 1. The molecule has 0 radical (unpaired) electrons. The van der Waals surface area contributed by atoms with Crippen LogP contribution in [0.15, 0.2) is 47.8 Å². The second-order valence-electron chi connectivity index (χ2n) is 9.90. The number of rotatable bonds is 9. The lowest BCUT2D eigenvalue weighted by Gasteiger charge is -2.31. The number of nitrogens with zero attached hydrogens (tertiary/aromatic N) is 2. The van der Waals surface area contributed by atoms with Crippen molar-refractivity contribution in [2.24, 2.45) is 0 Å². The maximum Gasteiger partial charge on any atom is 0.321 e. The Morgan fingerprint density at radius 3 is 2.57 bits per heavy atom. The number of piperazine rings is 1. The minimum atomic E-state index is -0.307. The zero-order chi connectivity index (χ0) is 26.4. The molecule has 1 aliphatic rings. The number of thiazole rings is 1. The smallest absolute Gasteiger partial charge is 0.321 e. The molecule has 0 aliphatic carbocycles. The molecule has 3 N–H and O–H groups in total. The van der Waals surface area contributed by atoms with Crippen molar-refractivity contribution in [3.8, 4) is 11.5 Å². The zero-order valence-electron chi connectivity index (χ0n) is 22.3. The molecule has 9 heteroatoms. The Balaban J connectivity index is 1.37. The predicted octanol–water partition coefficient (Wildman–Crippen LogP) is 5.00. The largest absolute Gasteiger partial charge is 0.497 e. The first-order valence-electron chi connectivity index (χ1n) is 12.7. The summed E-state index contributed by atoms with van der Waals surface area (Å²) in [4.78, 5) is 19.7. The number of urea groups is 1. The average Bonchev–Trinajstić information content (AvgIpc) is 3.37. The summed E-state index contributed by atoms with van der Waals surface area (Å²) in [6.45, 7) is 12.5. The second-order valence-corrected chi connectivity index (χ2v) is 10.8. The molecule has 2 amide bonds. The maximum atomic E-state index is 12.6. The fourth-order valence-corrected chi connectivity index (χ4v) is 5.15. The summed E-state index contributed by atoms with van der Waals surface area (Å²) in [6, 6.07) is 13.9. The first-order valence-corrected chi connectivity index (χ1v) is 13.5. The predicted molar refractivity (Wildman–Crippen MR) is 150 cm³/mol. The van der Waals surface area contributed by atoms with Gasteiger partial charge in [0, 0.05) is 43.5 Å². The van der Waals surface area contributed by atoms with E-state index in [-0.39, 0.29) is 17.6 Å². The molecule has 0 unspecified atom stereocenters. The van der Waals surface area contributed by atoms with Gasteiger partial charge in [0.25, 0.3) is 0 Å². The summed E-state index contributed by atoms with van der Waals surface area (Å²) in [7, 11) is 1.66. The van der Waals surface area contributed by atoms with Gasteiger partial charge in [0.1, 0.15) is 11.5 Å². The number of nitrogens with one attached hydrogen (secondary N) is 3. The van der Waals surface area contributed by atoms with Gasteiger partial charge in [-0.1, -0.05) is 32.0 Å². The molecular formula is C28H37N5O3S. The molecule has 1 fully saturated rings. The lowest BCUT2D eigenvalue weighted by molar-refractivity contribution is 0.242. The van der Waals surface area contributed by atoms with Crippen LogP contribution in [0.2, 0.25) is 0 Å². The summed E-state index contributed by atoms with van der Waals surface area (Å²) in [5, 5.41) is 11.8. The van der Waals surface area contributed by atoms with E-state index < -0.39 is 0 Å². The zero-order valence-corrected chi connectivity index (χ0v) is 23.1. The SMILES string of the molecule is COc1ccc(C(C)(C)c2csc(NC(=O)NCc3ccc(N4CCNCC4)c(OC(C)C)c3)n2)cc1. The first-order chi connectivity index (χ1) is 17.8. The number of carbonyl (C=O) groups is 1. The minimum Gasteiger partial charge on any atom is -0.497 e. The molecule has 8 nitrogen and oxygen atoms in total. The molecule has 2 heterocycles. The van der Waals surface area contributed by atoms with Gasteiger partial charge in [-0.25, -0.2) is 9.78 Å². The Labute approximate surface area is 223 Å². The molecule has 0 spiro atoms. The highest BCUT2D eigenvalue weighted by Gasteiger charge is 2.26. The van der Waals surface area contributed by atoms with Crippen LogP contribution in [0.25, 0.3) is 0 Å². The van der Waals surface area contributed by atoms with Crippen LogP contribution in [-0.2, 0) is 12.0 Å². The summed E-state index contributed by atoms with van der Waals surface area (Å²) in [5.41, 5.74) is 3.79. The van der Waals surface area contributed by atoms with Crippen LogP contribution >= 0.6 is 11.3 Å². The van der Waals surface area contributed by atoms with E-state index >= 15 is 0 Å². The average molecular weight is 524 g/mol. The molecule has 3 aromatic rings. The van der Waals surface area contributed by atoms with Crippen molar-refractivity contribution in [3.63, 3.8) is 0 Å². The van der Waals surface area contributed by atoms with Gasteiger partial charge in [0.15, 0.2) is 5.13 Å². The Morgan fingerprint density at radius 2 is 1.89 bits per heavy atom. The van der Waals surface area contributed by atoms with Gasteiger partial charge in [0.2, 0.25) is 0 Å². The summed E-state index contributed by atoms with van der Waals surface area (Å²) < 4.78 is 11.4. The molecule has 198 valence electrons. The number of methoxy groups -OCH3 is 1. The fourth-order valence-electron chi connectivity index (χ4n) is 4.28. The van der Waals surface area contributed by atoms with E-state index in [0.717, 1.165) is 60.2 Å². The summed E-state index contributed by atoms with van der Waals surface area (Å²) >= 11 is 1.42. The first kappa shape index (κ1) is 26.8. The number of aromatic nitrogens is 1. The molecule has 1 aromatic heterocycles. The fraction of sp³-hybridized carbons (Fsp3) is 0.429. The third kappa shape index (κ3) is 6.72. The summed E-state index contributed by atoms with van der Waals surface area (Å²) in [6.07, 6.45) is 0.0643. The van der Waals surface area contributed by atoms with Crippen molar-refractivity contribution in [1.29, 1.82) is 0 Å². The van der Waals surface area contributed by atoms with E-state index in [1.807, 2.05) is 55.6 Å². The van der Waals surface area contributed by atoms with Crippen molar-refractivity contribution in [1.82, 2.24) is 15.6 Å². The Kier molecular flexibility index (Phi) is 8.56. The van der Waals surface area contributed by atoms with Gasteiger partial charge in [-0.15, -0.1) is 11.3 Å². The third-order valence-electron chi connectivity index (χ3n) is 6.47. The van der Waals surface area contributed by atoms with Gasteiger partial charge in [0.05, 0.1) is 24.6 Å². The lowest BCUT2D eigenvalue weighted by atomic mass is 9.82. The maximum absolute atomic E-state index is 12.6. The van der Waals surface area contributed by atoms with E-state index in [9.17, 15) is 4.79 Å². The van der Waals surface area contributed by atoms with Crippen molar-refractivity contribution < 1.29 is 14.3 Å². The molecular weight excluding hydrogens is 486 g/mol. The van der Waals surface area contributed by atoms with Gasteiger partial charge in [-0.05, 0) is 49.2 Å². The van der Waals surface area contributed by atoms with Crippen LogP contribution in [-0.4, -0.2) is 50.4 Å². The van der Waals surface area contributed by atoms with Crippen LogP contribution in [0.1, 0.15) is 44.5 Å². The number of amides is 2. The van der Waals surface area contributed by atoms with Crippen molar-refractivity contribution in [3.05, 3.63) is 64.7 Å². The van der Waals surface area contributed by atoms with Gasteiger partial charge in [-0.3, -0.25) is 5.32 Å². The lowest BCUT2D eigenvalue weighted by Crippen LogP contribution is -2.43. The van der Waals surface area contributed by atoms with Crippen LogP contribution in [0.5, 0.6) is 11.5 Å². The molecule has 1 aliphatic heterocycles. The second kappa shape index (κ2) is 11.8. The van der Waals surface area contributed by atoms with Crippen LogP contribution in [0.3, 0.4) is 0 Å². The number of hydrogen-bond acceptors (Lipinski definition) is 7. The van der Waals surface area contributed by atoms with E-state index in [1.165, 1.54) is 11.3 Å². The van der Waals surface area contributed by atoms with Crippen molar-refractivity contribution >= 4 is 28.2 Å². The highest BCUT2D eigenvalue weighted by molar-refractivity contribution is 7.13. The van der Waals surface area contributed by atoms with Crippen LogP contribution in [0.4, 0.5) is 15.6 Å². The normalized spacial score (nSPS) is 13.9. The van der Waals surface area contributed by atoms with Crippen LogP contribution < -0.4 is 30.3 Å². The van der Waals surface area contributed by atoms with Crippen molar-refractivity contribution in [2.75, 3.05) is 43.5 Å². The van der Waals surface area contributed by atoms with Crippen molar-refractivity contribution in [2.45, 2.75) is 45.8 Å². The number of anilines is 2. The highest BCUT2D eigenvalue weighted by Crippen LogP contribution is 2.34. The van der Waals surface area contributed by atoms with E-state index in [2.05, 4.69) is 40.8 Å². The van der Waals surface area contributed by atoms with Gasteiger partial charge < -0.3 is 25.0 Å². The van der Waals surface area contributed by atoms with E-state index in [0.29, 0.717) is 11.7 Å². The third-order valence-corrected chi connectivity index (χ3v) is 7.23. The molecule has 37 heavy (non-hydrogen) atoms. The molecule has 2 aromatic carbocycles. The topological polar surface area (TPSA) is 87.8 Å². The Morgan fingerprint density at radius 1 is 1.16 bits per heavy atom. The standard InChI is InChI=1S/C28H37N5O3S/c1-19(2)36-24-16-20(6-11-23(24)33-14-12-29-13-15-33)17-30-26(34)32-27-31-25(18-37-27)28(3,4)21-7-9-22(35-5)10-8-21/h6-11,16,18-19,29H,12-15,17H2,1-5H3,(H2,30,31,32,34). The number of benzene rings is 2. The Bertz CT molecular complexity index is 1190. The number of hydrogen-bond donors (Lipinski definition) is 3. The van der Waals surface area contributed by atoms with Crippen LogP contribution in [0, 0.1) is 0 Å². The molecule has 0 atom stereocenters. The highest BCUT2D eigenvalue weighted by atomic mass is 32.1. The van der Waals surface area contributed by atoms with E-state index in [4.69, 9.17) is 14.5 Å². The molecule has 0 bridgehead atoms. The Hall–Kier alpha value is -3.30. The molecule has 1 saturated heterocycles. The quantitative estimate of drug-likeness (QED) is 0.366. The number of ether oxygens (including phenoxy) is 2. The monoisotopic (exact) mass is 523 g/mol. The van der Waals surface area contributed by atoms with E-state index in [1.54, 1.807) is 7.11 Å². The summed E-state index contributed by atoms with van der Waals surface area (Å²) in [5.74, 6) is 1.67. The molecule has 4 rings (SSSR count). The minimum absolute atomic E-state index is 0.0643. The van der Waals surface area contributed by atoms with Gasteiger partial charge >= 0.3 is 6.03 Å². The van der Waals surface area contributed by atoms with Gasteiger partial charge in [-0.2, -0.15) is 0 Å².